The Kier molecular flexibility index (Phi) is 5.91. The number of hydrogen-bond acceptors (Lipinski definition) is 3. The minimum Gasteiger partial charge on any atom is -0.336 e. The Bertz CT molecular complexity index is 819. The van der Waals surface area contributed by atoms with Crippen LogP contribution in [0.15, 0.2) is 42.5 Å². The Balaban J connectivity index is 1.56. The molecule has 2 aromatic carbocycles. The zero-order valence-electron chi connectivity index (χ0n) is 13.9. The van der Waals surface area contributed by atoms with Crippen molar-refractivity contribution in [2.24, 2.45) is 0 Å². The van der Waals surface area contributed by atoms with Gasteiger partial charge in [-0.2, -0.15) is 0 Å². The number of Topliss-reactive ketones (excluding diaryl/α,β-unsaturated/α-hetero) is 1. The van der Waals surface area contributed by atoms with Crippen LogP contribution in [0.25, 0.3) is 0 Å². The van der Waals surface area contributed by atoms with E-state index >= 15 is 0 Å². The van der Waals surface area contributed by atoms with Crippen molar-refractivity contribution in [3.05, 3.63) is 69.5 Å². The number of amides is 1. The predicted molar refractivity (Wildman–Crippen MR) is 99.5 cm³/mol. The van der Waals surface area contributed by atoms with E-state index in [0.29, 0.717) is 47.4 Å². The Morgan fingerprint density at radius 3 is 2.23 bits per heavy atom. The summed E-state index contributed by atoms with van der Waals surface area (Å²) in [6.07, 6.45) is 0. The predicted octanol–water partition coefficient (Wildman–Crippen LogP) is 3.77. The number of ketones is 1. The van der Waals surface area contributed by atoms with Crippen molar-refractivity contribution in [2.75, 3.05) is 32.7 Å². The molecule has 0 atom stereocenters. The number of rotatable bonds is 4. The van der Waals surface area contributed by atoms with Crippen molar-refractivity contribution < 1.29 is 14.0 Å². The molecule has 3 rings (SSSR count). The van der Waals surface area contributed by atoms with E-state index in [2.05, 4.69) is 0 Å². The number of piperazine rings is 1. The fraction of sp³-hybridized carbons (Fsp3) is 0.263. The molecule has 4 nitrogen and oxygen atoms in total. The van der Waals surface area contributed by atoms with Gasteiger partial charge in [-0.3, -0.25) is 14.5 Å². The molecule has 1 heterocycles. The fourth-order valence-electron chi connectivity index (χ4n) is 2.87. The van der Waals surface area contributed by atoms with Gasteiger partial charge in [-0.1, -0.05) is 23.2 Å². The number of carbonyl (C=O) groups is 2. The molecule has 0 saturated carbocycles. The minimum atomic E-state index is -0.366. The second-order valence-corrected chi connectivity index (χ2v) is 6.97. The molecule has 1 saturated heterocycles. The normalized spacial score (nSPS) is 15.1. The molecule has 0 bridgehead atoms. The van der Waals surface area contributed by atoms with E-state index in [1.807, 2.05) is 4.90 Å². The van der Waals surface area contributed by atoms with E-state index in [-0.39, 0.29) is 24.1 Å². The highest BCUT2D eigenvalue weighted by molar-refractivity contribution is 6.36. The van der Waals surface area contributed by atoms with Crippen LogP contribution in [0.5, 0.6) is 0 Å². The molecule has 0 aromatic heterocycles. The van der Waals surface area contributed by atoms with Crippen LogP contribution in [-0.4, -0.2) is 54.2 Å². The first kappa shape index (κ1) is 18.8. The highest BCUT2D eigenvalue weighted by Crippen LogP contribution is 2.22. The van der Waals surface area contributed by atoms with Crippen LogP contribution in [0.4, 0.5) is 4.39 Å². The van der Waals surface area contributed by atoms with E-state index in [1.54, 1.807) is 23.1 Å². The molecule has 0 unspecified atom stereocenters. The van der Waals surface area contributed by atoms with E-state index < -0.39 is 0 Å². The lowest BCUT2D eigenvalue weighted by Crippen LogP contribution is -2.50. The van der Waals surface area contributed by atoms with Gasteiger partial charge in [0.25, 0.3) is 5.91 Å². The van der Waals surface area contributed by atoms with Gasteiger partial charge >= 0.3 is 0 Å². The Hall–Kier alpha value is -1.95. The van der Waals surface area contributed by atoms with Crippen LogP contribution >= 0.6 is 23.2 Å². The van der Waals surface area contributed by atoms with Crippen LogP contribution in [0.1, 0.15) is 20.7 Å². The lowest BCUT2D eigenvalue weighted by Gasteiger charge is -2.34. The third kappa shape index (κ3) is 4.41. The first-order valence-corrected chi connectivity index (χ1v) is 8.95. The molecule has 1 aliphatic heterocycles. The quantitative estimate of drug-likeness (QED) is 0.740. The van der Waals surface area contributed by atoms with Gasteiger partial charge in [0.1, 0.15) is 5.82 Å². The number of carbonyl (C=O) groups excluding carboxylic acids is 2. The number of nitrogens with zero attached hydrogens (tertiary/aromatic N) is 2. The average Bonchev–Trinajstić information content (AvgIpc) is 2.62. The maximum atomic E-state index is 12.9. The van der Waals surface area contributed by atoms with Gasteiger partial charge in [-0.25, -0.2) is 4.39 Å². The molecular weight excluding hydrogens is 378 g/mol. The lowest BCUT2D eigenvalue weighted by molar-refractivity contribution is 0.0624. The van der Waals surface area contributed by atoms with Crippen LogP contribution in [0.2, 0.25) is 10.0 Å². The largest absolute Gasteiger partial charge is 0.336 e. The Morgan fingerprint density at radius 2 is 1.62 bits per heavy atom. The second-order valence-electron chi connectivity index (χ2n) is 6.12. The molecule has 136 valence electrons. The zero-order valence-corrected chi connectivity index (χ0v) is 15.4. The molecule has 1 aliphatic rings. The Morgan fingerprint density at radius 1 is 0.962 bits per heavy atom. The summed E-state index contributed by atoms with van der Waals surface area (Å²) in [7, 11) is 0. The molecular formula is C19H17Cl2FN2O2. The van der Waals surface area contributed by atoms with Crippen LogP contribution in [0.3, 0.4) is 0 Å². The van der Waals surface area contributed by atoms with Crippen molar-refractivity contribution in [3.63, 3.8) is 0 Å². The van der Waals surface area contributed by atoms with Gasteiger partial charge in [0.2, 0.25) is 0 Å². The topological polar surface area (TPSA) is 40.6 Å². The van der Waals surface area contributed by atoms with Crippen molar-refractivity contribution in [3.8, 4) is 0 Å². The molecule has 0 spiro atoms. The maximum Gasteiger partial charge on any atom is 0.255 e. The summed E-state index contributed by atoms with van der Waals surface area (Å²) in [6.45, 7) is 2.44. The van der Waals surface area contributed by atoms with Crippen molar-refractivity contribution in [1.29, 1.82) is 0 Å². The molecule has 0 radical (unpaired) electrons. The van der Waals surface area contributed by atoms with Crippen LogP contribution in [-0.2, 0) is 0 Å². The van der Waals surface area contributed by atoms with E-state index in [9.17, 15) is 14.0 Å². The van der Waals surface area contributed by atoms with Crippen LogP contribution in [0, 0.1) is 5.82 Å². The standard InChI is InChI=1S/C19H17Cl2FN2O2/c20-14-3-6-16(17(21)11-14)19(26)24-9-7-23(8-10-24)12-18(25)13-1-4-15(22)5-2-13/h1-6,11H,7-10,12H2. The SMILES string of the molecule is O=C(CN1CCN(C(=O)c2ccc(Cl)cc2Cl)CC1)c1ccc(F)cc1. The first-order chi connectivity index (χ1) is 12.4. The molecule has 0 N–H and O–H groups in total. The molecule has 1 fully saturated rings. The number of benzene rings is 2. The first-order valence-electron chi connectivity index (χ1n) is 8.19. The summed E-state index contributed by atoms with van der Waals surface area (Å²) in [5.74, 6) is -0.573. The third-order valence-electron chi connectivity index (χ3n) is 4.35. The summed E-state index contributed by atoms with van der Waals surface area (Å²) < 4.78 is 12.9. The minimum absolute atomic E-state index is 0.0643. The van der Waals surface area contributed by atoms with Crippen molar-refractivity contribution in [1.82, 2.24) is 9.80 Å². The highest BCUT2D eigenvalue weighted by atomic mass is 35.5. The van der Waals surface area contributed by atoms with Crippen molar-refractivity contribution in [2.45, 2.75) is 0 Å². The van der Waals surface area contributed by atoms with E-state index in [1.165, 1.54) is 24.3 Å². The number of hydrogen-bond donors (Lipinski definition) is 0. The zero-order chi connectivity index (χ0) is 18.7. The van der Waals surface area contributed by atoms with E-state index in [0.717, 1.165) is 0 Å². The van der Waals surface area contributed by atoms with Crippen molar-refractivity contribution >= 4 is 34.9 Å². The fourth-order valence-corrected chi connectivity index (χ4v) is 3.36. The maximum absolute atomic E-state index is 12.9. The molecule has 1 amide bonds. The van der Waals surface area contributed by atoms with Crippen LogP contribution < -0.4 is 0 Å². The highest BCUT2D eigenvalue weighted by Gasteiger charge is 2.24. The lowest BCUT2D eigenvalue weighted by atomic mass is 10.1. The molecule has 2 aromatic rings. The smallest absolute Gasteiger partial charge is 0.255 e. The molecule has 26 heavy (non-hydrogen) atoms. The van der Waals surface area contributed by atoms with E-state index in [4.69, 9.17) is 23.2 Å². The average molecular weight is 395 g/mol. The number of halogens is 3. The van der Waals surface area contributed by atoms with Gasteiger partial charge < -0.3 is 4.90 Å². The molecule has 0 aliphatic carbocycles. The summed E-state index contributed by atoms with van der Waals surface area (Å²) >= 11 is 12.0. The summed E-state index contributed by atoms with van der Waals surface area (Å²) in [5, 5.41) is 0.812. The summed E-state index contributed by atoms with van der Waals surface area (Å²) in [5.41, 5.74) is 0.907. The van der Waals surface area contributed by atoms with Gasteiger partial charge in [-0.15, -0.1) is 0 Å². The van der Waals surface area contributed by atoms with Gasteiger partial charge in [0, 0.05) is 36.8 Å². The van der Waals surface area contributed by atoms with Gasteiger partial charge in [0.05, 0.1) is 17.1 Å². The second kappa shape index (κ2) is 8.16. The van der Waals surface area contributed by atoms with Gasteiger partial charge in [0.15, 0.2) is 5.78 Å². The summed E-state index contributed by atoms with van der Waals surface area (Å²) in [4.78, 5) is 28.6. The summed E-state index contributed by atoms with van der Waals surface area (Å²) in [6, 6.07) is 10.3. The Labute approximate surface area is 161 Å². The molecule has 7 heteroatoms. The van der Waals surface area contributed by atoms with Gasteiger partial charge in [-0.05, 0) is 42.5 Å². The monoisotopic (exact) mass is 394 g/mol. The third-order valence-corrected chi connectivity index (χ3v) is 4.90.